The van der Waals surface area contributed by atoms with Crippen LogP contribution in [0.3, 0.4) is 0 Å². The number of nitrogens with zero attached hydrogens (tertiary/aromatic N) is 3. The Hall–Kier alpha value is -2.67. The van der Waals surface area contributed by atoms with Gasteiger partial charge in [-0.3, -0.25) is 10.1 Å². The van der Waals surface area contributed by atoms with Crippen molar-refractivity contribution in [1.82, 2.24) is 25.5 Å². The number of nitrogens with one attached hydrogen (secondary N) is 3. The van der Waals surface area contributed by atoms with Crippen molar-refractivity contribution in [3.63, 3.8) is 0 Å². The minimum atomic E-state index is 0.489. The first-order valence-corrected chi connectivity index (χ1v) is 9.76. The molecule has 27 heavy (non-hydrogen) atoms. The molecule has 7 nitrogen and oxygen atoms in total. The van der Waals surface area contributed by atoms with Gasteiger partial charge in [0.25, 0.3) is 0 Å². The van der Waals surface area contributed by atoms with E-state index in [2.05, 4.69) is 37.9 Å². The Balaban J connectivity index is 1.46. The van der Waals surface area contributed by atoms with Gasteiger partial charge in [0.2, 0.25) is 0 Å². The van der Waals surface area contributed by atoms with Gasteiger partial charge < -0.3 is 16.4 Å². The van der Waals surface area contributed by atoms with Crippen molar-refractivity contribution in [1.29, 1.82) is 0 Å². The lowest BCUT2D eigenvalue weighted by Gasteiger charge is -2.40. The molecular formula is C20H25N7. The summed E-state index contributed by atoms with van der Waals surface area (Å²) in [7, 11) is 0. The number of hydrogen-bond donors (Lipinski definition) is 4. The summed E-state index contributed by atoms with van der Waals surface area (Å²) in [5.74, 6) is 2.40. The van der Waals surface area contributed by atoms with E-state index in [4.69, 9.17) is 10.7 Å². The van der Waals surface area contributed by atoms with E-state index in [9.17, 15) is 0 Å². The maximum Gasteiger partial charge on any atom is 0.153 e. The summed E-state index contributed by atoms with van der Waals surface area (Å²) in [5, 5.41) is 15.0. The third kappa shape index (κ3) is 3.23. The fraction of sp³-hybridized carbons (Fsp3) is 0.450. The Kier molecular flexibility index (Phi) is 3.97. The molecule has 2 bridgehead atoms. The van der Waals surface area contributed by atoms with E-state index in [1.807, 2.05) is 19.1 Å². The average Bonchev–Trinajstić information content (AvgIpc) is 3.05. The second-order valence-corrected chi connectivity index (χ2v) is 7.92. The van der Waals surface area contributed by atoms with Gasteiger partial charge in [-0.25, -0.2) is 4.98 Å². The quantitative estimate of drug-likeness (QED) is 0.569. The molecule has 0 aliphatic carbocycles. The third-order valence-corrected chi connectivity index (χ3v) is 5.83. The number of pyridine rings is 2. The van der Waals surface area contributed by atoms with Crippen LogP contribution in [0, 0.1) is 6.92 Å². The molecule has 2 fully saturated rings. The molecule has 3 atom stereocenters. The molecule has 0 spiro atoms. The molecule has 140 valence electrons. The molecule has 5 rings (SSSR count). The van der Waals surface area contributed by atoms with Crippen molar-refractivity contribution in [2.45, 2.75) is 57.0 Å². The number of aromatic nitrogens is 4. The van der Waals surface area contributed by atoms with Gasteiger partial charge in [-0.05, 0) is 44.7 Å². The molecule has 0 amide bonds. The van der Waals surface area contributed by atoms with Gasteiger partial charge in [-0.1, -0.05) is 6.42 Å². The number of hydrogen-bond acceptors (Lipinski definition) is 6. The van der Waals surface area contributed by atoms with Gasteiger partial charge in [0.1, 0.15) is 11.6 Å². The van der Waals surface area contributed by atoms with Crippen LogP contribution in [0.1, 0.15) is 49.4 Å². The second kappa shape index (κ2) is 6.49. The Morgan fingerprint density at radius 2 is 1.89 bits per heavy atom. The lowest BCUT2D eigenvalue weighted by atomic mass is 9.79. The fourth-order valence-corrected chi connectivity index (χ4v) is 4.58. The number of anilines is 3. The maximum absolute atomic E-state index is 6.19. The molecule has 2 aliphatic heterocycles. The van der Waals surface area contributed by atoms with Gasteiger partial charge in [-0.15, -0.1) is 0 Å². The topological polar surface area (TPSA) is 105 Å². The van der Waals surface area contributed by atoms with Crippen LogP contribution in [0.5, 0.6) is 0 Å². The molecular weight excluding hydrogens is 338 g/mol. The third-order valence-electron chi connectivity index (χ3n) is 5.83. The van der Waals surface area contributed by atoms with Gasteiger partial charge >= 0.3 is 0 Å². The fourth-order valence-electron chi connectivity index (χ4n) is 4.58. The minimum absolute atomic E-state index is 0.489. The lowest BCUT2D eigenvalue weighted by Crippen LogP contribution is -2.48. The maximum atomic E-state index is 6.19. The Bertz CT molecular complexity index is 968. The highest BCUT2D eigenvalue weighted by Crippen LogP contribution is 2.36. The summed E-state index contributed by atoms with van der Waals surface area (Å²) < 4.78 is 0. The monoisotopic (exact) mass is 363 g/mol. The van der Waals surface area contributed by atoms with E-state index in [0.717, 1.165) is 22.4 Å². The van der Waals surface area contributed by atoms with Crippen LogP contribution in [-0.2, 0) is 0 Å². The Morgan fingerprint density at radius 3 is 2.63 bits per heavy atom. The summed E-state index contributed by atoms with van der Waals surface area (Å²) in [6.07, 6.45) is 6.27. The smallest absolute Gasteiger partial charge is 0.153 e. The standard InChI is InChI=1S/C20H25N7/c1-11-7-19(27-26-11)24-18-10-17-15(20(21)25-18)5-6-16(23-17)12-8-13-3-2-4-14(9-12)22-13/h5-7,10,12-14,22H,2-4,8-9H2,1H3,(H4,21,24,25,26,27)/t12?,13-,14+. The summed E-state index contributed by atoms with van der Waals surface area (Å²) in [4.78, 5) is 9.44. The van der Waals surface area contributed by atoms with Gasteiger partial charge in [0.05, 0.1) is 5.52 Å². The van der Waals surface area contributed by atoms with E-state index in [0.29, 0.717) is 29.6 Å². The molecule has 0 radical (unpaired) electrons. The summed E-state index contributed by atoms with van der Waals surface area (Å²) >= 11 is 0. The first kappa shape index (κ1) is 16.5. The highest BCUT2D eigenvalue weighted by Gasteiger charge is 2.32. The molecule has 0 saturated carbocycles. The van der Waals surface area contributed by atoms with E-state index >= 15 is 0 Å². The molecule has 0 aromatic carbocycles. The van der Waals surface area contributed by atoms with E-state index in [1.165, 1.54) is 37.8 Å². The number of piperidine rings is 2. The number of rotatable bonds is 3. The van der Waals surface area contributed by atoms with Crippen LogP contribution in [0.15, 0.2) is 24.3 Å². The second-order valence-electron chi connectivity index (χ2n) is 7.92. The molecule has 2 saturated heterocycles. The van der Waals surface area contributed by atoms with Crippen molar-refractivity contribution in [3.05, 3.63) is 35.7 Å². The number of nitrogens with two attached hydrogens (primary N) is 1. The predicted molar refractivity (Wildman–Crippen MR) is 107 cm³/mol. The summed E-state index contributed by atoms with van der Waals surface area (Å²) in [6.45, 7) is 1.96. The molecule has 5 heterocycles. The average molecular weight is 363 g/mol. The molecule has 3 aromatic heterocycles. The Labute approximate surface area is 158 Å². The first-order chi connectivity index (χ1) is 13.1. The van der Waals surface area contributed by atoms with E-state index < -0.39 is 0 Å². The number of H-pyrrole nitrogens is 1. The van der Waals surface area contributed by atoms with Crippen molar-refractivity contribution in [2.75, 3.05) is 11.1 Å². The summed E-state index contributed by atoms with van der Waals surface area (Å²) in [5.41, 5.74) is 9.24. The van der Waals surface area contributed by atoms with Gasteiger partial charge in [-0.2, -0.15) is 5.10 Å². The van der Waals surface area contributed by atoms with Crippen LogP contribution in [0.4, 0.5) is 17.5 Å². The van der Waals surface area contributed by atoms with Crippen LogP contribution in [-0.4, -0.2) is 32.2 Å². The van der Waals surface area contributed by atoms with Crippen LogP contribution in [0.2, 0.25) is 0 Å². The number of fused-ring (bicyclic) bond motifs is 3. The molecule has 2 aliphatic rings. The van der Waals surface area contributed by atoms with Gasteiger partial charge in [0.15, 0.2) is 5.82 Å². The molecule has 7 heteroatoms. The molecule has 1 unspecified atom stereocenters. The lowest BCUT2D eigenvalue weighted by molar-refractivity contribution is 0.219. The van der Waals surface area contributed by atoms with Gasteiger partial charge in [0, 0.05) is 46.9 Å². The summed E-state index contributed by atoms with van der Waals surface area (Å²) in [6, 6.07) is 9.38. The van der Waals surface area contributed by atoms with Crippen LogP contribution >= 0.6 is 0 Å². The zero-order valence-electron chi connectivity index (χ0n) is 15.5. The minimum Gasteiger partial charge on any atom is -0.383 e. The largest absolute Gasteiger partial charge is 0.383 e. The van der Waals surface area contributed by atoms with Crippen LogP contribution < -0.4 is 16.4 Å². The Morgan fingerprint density at radius 1 is 1.07 bits per heavy atom. The first-order valence-electron chi connectivity index (χ1n) is 9.76. The normalized spacial score (nSPS) is 24.9. The SMILES string of the molecule is Cc1cc(Nc2cc3nc(C4C[C@H]5CCC[C@@H](C4)N5)ccc3c(N)n2)n[nH]1. The molecule has 3 aromatic rings. The van der Waals surface area contributed by atoms with Crippen molar-refractivity contribution in [2.24, 2.45) is 0 Å². The van der Waals surface area contributed by atoms with Crippen molar-refractivity contribution >= 4 is 28.4 Å². The number of aryl methyl sites for hydroxylation is 1. The highest BCUT2D eigenvalue weighted by molar-refractivity contribution is 5.90. The molecule has 5 N–H and O–H groups in total. The van der Waals surface area contributed by atoms with Crippen molar-refractivity contribution < 1.29 is 0 Å². The number of nitrogen functional groups attached to an aromatic ring is 1. The van der Waals surface area contributed by atoms with Crippen LogP contribution in [0.25, 0.3) is 10.9 Å². The predicted octanol–water partition coefficient (Wildman–Crippen LogP) is 3.38. The zero-order chi connectivity index (χ0) is 18.4. The number of aromatic amines is 1. The van der Waals surface area contributed by atoms with Crippen molar-refractivity contribution in [3.8, 4) is 0 Å². The van der Waals surface area contributed by atoms with E-state index in [-0.39, 0.29) is 0 Å². The zero-order valence-corrected chi connectivity index (χ0v) is 15.5. The van der Waals surface area contributed by atoms with E-state index in [1.54, 1.807) is 0 Å². The highest BCUT2D eigenvalue weighted by atomic mass is 15.2.